The van der Waals surface area contributed by atoms with Gasteiger partial charge in [-0.05, 0) is 20.8 Å². The van der Waals surface area contributed by atoms with Gasteiger partial charge in [0.15, 0.2) is 6.07 Å². The number of carbonyl (C=O) groups is 2. The summed E-state index contributed by atoms with van der Waals surface area (Å²) in [7, 11) is 0. The number of rotatable bonds is 2. The van der Waals surface area contributed by atoms with E-state index in [2.05, 4.69) is 0 Å². The van der Waals surface area contributed by atoms with E-state index < -0.39 is 23.1 Å². The van der Waals surface area contributed by atoms with Crippen LogP contribution >= 0.6 is 11.6 Å². The number of nitrogens with zero attached hydrogens (tertiary/aromatic N) is 1. The van der Waals surface area contributed by atoms with E-state index >= 15 is 0 Å². The van der Waals surface area contributed by atoms with Crippen LogP contribution in [0.2, 0.25) is 0 Å². The molecule has 0 aromatic heterocycles. The van der Waals surface area contributed by atoms with Crippen molar-refractivity contribution in [3.8, 4) is 0 Å². The summed E-state index contributed by atoms with van der Waals surface area (Å²) in [5.41, 5.74) is -1.36. The molecule has 1 amide bonds. The van der Waals surface area contributed by atoms with Crippen molar-refractivity contribution >= 4 is 23.7 Å². The molecule has 2 saturated heterocycles. The minimum atomic E-state index is -0.800. The molecule has 0 aliphatic carbocycles. The number of fused-ring (bicyclic) bond motifs is 1. The van der Waals surface area contributed by atoms with Gasteiger partial charge in [0, 0.05) is 19.0 Å². The maximum atomic E-state index is 12.1. The Bertz CT molecular complexity index is 408. The van der Waals surface area contributed by atoms with E-state index in [1.54, 1.807) is 4.90 Å². The third kappa shape index (κ3) is 2.86. The number of hydrogen-bond acceptors (Lipinski definition) is 5. The third-order valence-corrected chi connectivity index (χ3v) is 3.73. The number of amides is 1. The van der Waals surface area contributed by atoms with E-state index in [1.165, 1.54) is 0 Å². The molecule has 2 aliphatic rings. The summed E-state index contributed by atoms with van der Waals surface area (Å²) in [6.07, 6.45) is -0.412. The lowest BCUT2D eigenvalue weighted by atomic mass is 9.81. The number of alkyl halides is 1. The molecule has 2 atom stereocenters. The molecule has 2 unspecified atom stereocenters. The number of halogens is 1. The number of carbonyl (C=O) groups excluding carboxylic acids is 2. The molecule has 2 rings (SSSR count). The summed E-state index contributed by atoms with van der Waals surface area (Å²) < 4.78 is 15.7. The van der Waals surface area contributed by atoms with Crippen molar-refractivity contribution in [1.82, 2.24) is 4.90 Å². The van der Waals surface area contributed by atoms with Gasteiger partial charge in [-0.3, -0.25) is 4.79 Å². The highest BCUT2D eigenvalue weighted by molar-refractivity contribution is 6.17. The molecular weight excluding hydrogens is 286 g/mol. The fourth-order valence-corrected chi connectivity index (χ4v) is 2.78. The number of esters is 1. The van der Waals surface area contributed by atoms with Gasteiger partial charge in [-0.25, -0.2) is 4.79 Å². The summed E-state index contributed by atoms with van der Waals surface area (Å²) in [6, 6.07) is -0.195. The Balaban J connectivity index is 2.08. The normalized spacial score (nSPS) is 29.2. The van der Waals surface area contributed by atoms with Gasteiger partial charge in [-0.1, -0.05) is 11.6 Å². The second-order valence-corrected chi connectivity index (χ2v) is 6.49. The van der Waals surface area contributed by atoms with Crippen molar-refractivity contribution in [1.29, 1.82) is 0 Å². The van der Waals surface area contributed by atoms with Crippen LogP contribution in [0.25, 0.3) is 0 Å². The first-order chi connectivity index (χ1) is 9.28. The van der Waals surface area contributed by atoms with Crippen LogP contribution in [-0.4, -0.2) is 54.9 Å². The molecule has 114 valence electrons. The van der Waals surface area contributed by atoms with E-state index in [-0.39, 0.29) is 25.1 Å². The summed E-state index contributed by atoms with van der Waals surface area (Å²) >= 11 is 5.46. The zero-order chi connectivity index (χ0) is 15.0. The van der Waals surface area contributed by atoms with Crippen LogP contribution in [-0.2, 0) is 19.0 Å². The smallest absolute Gasteiger partial charge is 0.410 e. The number of likely N-dealkylation sites (tertiary alicyclic amines) is 1. The highest BCUT2D eigenvalue weighted by atomic mass is 35.5. The van der Waals surface area contributed by atoms with E-state index in [9.17, 15) is 9.59 Å². The van der Waals surface area contributed by atoms with Gasteiger partial charge < -0.3 is 19.1 Å². The van der Waals surface area contributed by atoms with Crippen molar-refractivity contribution in [3.05, 3.63) is 0 Å². The highest BCUT2D eigenvalue weighted by Gasteiger charge is 2.58. The van der Waals surface area contributed by atoms with Crippen LogP contribution in [0.4, 0.5) is 4.79 Å². The molecule has 20 heavy (non-hydrogen) atoms. The molecule has 0 saturated carbocycles. The van der Waals surface area contributed by atoms with E-state index in [0.29, 0.717) is 13.2 Å². The lowest BCUT2D eigenvalue weighted by molar-refractivity contribution is -0.154. The maximum absolute atomic E-state index is 12.1. The highest BCUT2D eigenvalue weighted by Crippen LogP contribution is 2.42. The average molecular weight is 306 g/mol. The summed E-state index contributed by atoms with van der Waals surface area (Å²) in [6.45, 7) is 6.81. The van der Waals surface area contributed by atoms with Crippen LogP contribution in [0.3, 0.4) is 0 Å². The Kier molecular flexibility index (Phi) is 4.16. The van der Waals surface area contributed by atoms with Gasteiger partial charge in [0.25, 0.3) is 0 Å². The van der Waals surface area contributed by atoms with Crippen LogP contribution in [0.5, 0.6) is 0 Å². The minimum Gasteiger partial charge on any atom is -0.449 e. The predicted octanol–water partition coefficient (Wildman–Crippen LogP) is 1.61. The molecule has 7 heteroatoms. The SMILES string of the molecule is CC(C)(C)OC(=O)N1CC2COCC2(C(=O)OCCl)C1. The Hall–Kier alpha value is -1.01. The Morgan fingerprint density at radius 1 is 1.45 bits per heavy atom. The van der Waals surface area contributed by atoms with E-state index in [4.69, 9.17) is 25.8 Å². The molecule has 0 bridgehead atoms. The fourth-order valence-electron chi connectivity index (χ4n) is 2.68. The monoisotopic (exact) mass is 305 g/mol. The van der Waals surface area contributed by atoms with Crippen molar-refractivity contribution in [2.24, 2.45) is 11.3 Å². The van der Waals surface area contributed by atoms with Crippen LogP contribution in [0, 0.1) is 11.3 Å². The molecule has 0 radical (unpaired) electrons. The Morgan fingerprint density at radius 2 is 2.15 bits per heavy atom. The maximum Gasteiger partial charge on any atom is 0.410 e. The fraction of sp³-hybridized carbons (Fsp3) is 0.846. The molecular formula is C13H20ClNO5. The van der Waals surface area contributed by atoms with Gasteiger partial charge in [0.1, 0.15) is 11.0 Å². The topological polar surface area (TPSA) is 65.1 Å². The molecule has 0 spiro atoms. The zero-order valence-corrected chi connectivity index (χ0v) is 12.7. The van der Waals surface area contributed by atoms with Gasteiger partial charge >= 0.3 is 12.1 Å². The second-order valence-electron chi connectivity index (χ2n) is 6.27. The van der Waals surface area contributed by atoms with Crippen molar-refractivity contribution in [2.75, 3.05) is 32.4 Å². The van der Waals surface area contributed by atoms with Crippen LogP contribution < -0.4 is 0 Å². The first-order valence-electron chi connectivity index (χ1n) is 6.57. The van der Waals surface area contributed by atoms with Gasteiger partial charge in [-0.2, -0.15) is 0 Å². The molecule has 2 aliphatic heterocycles. The van der Waals surface area contributed by atoms with Gasteiger partial charge in [-0.15, -0.1) is 0 Å². The van der Waals surface area contributed by atoms with Gasteiger partial charge in [0.2, 0.25) is 0 Å². The van der Waals surface area contributed by atoms with Crippen molar-refractivity contribution < 1.29 is 23.8 Å². The number of hydrogen-bond donors (Lipinski definition) is 0. The Morgan fingerprint density at radius 3 is 2.75 bits per heavy atom. The molecule has 0 aromatic carbocycles. The third-order valence-electron chi connectivity index (χ3n) is 3.62. The standard InChI is InChI=1S/C13H20ClNO5/c1-12(2,3)20-11(17)15-4-9-5-18-7-13(9,6-15)10(16)19-8-14/h9H,4-8H2,1-3H3. The van der Waals surface area contributed by atoms with E-state index in [1.807, 2.05) is 20.8 Å². The molecule has 0 aromatic rings. The molecule has 0 N–H and O–H groups in total. The van der Waals surface area contributed by atoms with E-state index in [0.717, 1.165) is 0 Å². The average Bonchev–Trinajstić information content (AvgIpc) is 2.83. The summed E-state index contributed by atoms with van der Waals surface area (Å²) in [5, 5.41) is 0. The Labute approximate surface area is 123 Å². The lowest BCUT2D eigenvalue weighted by Gasteiger charge is -2.26. The predicted molar refractivity (Wildman–Crippen MR) is 71.4 cm³/mol. The van der Waals surface area contributed by atoms with Crippen LogP contribution in [0.15, 0.2) is 0 Å². The lowest BCUT2D eigenvalue weighted by Crippen LogP contribution is -2.42. The largest absolute Gasteiger partial charge is 0.449 e. The molecule has 2 fully saturated rings. The van der Waals surface area contributed by atoms with Crippen molar-refractivity contribution in [2.45, 2.75) is 26.4 Å². The zero-order valence-electron chi connectivity index (χ0n) is 12.0. The minimum absolute atomic E-state index is 0.0641. The number of ether oxygens (including phenoxy) is 3. The summed E-state index contributed by atoms with van der Waals surface area (Å²) in [4.78, 5) is 25.8. The first kappa shape index (κ1) is 15.4. The van der Waals surface area contributed by atoms with Crippen LogP contribution in [0.1, 0.15) is 20.8 Å². The second kappa shape index (κ2) is 5.41. The van der Waals surface area contributed by atoms with Gasteiger partial charge in [0.05, 0.1) is 13.2 Å². The quantitative estimate of drug-likeness (QED) is 0.573. The van der Waals surface area contributed by atoms with Crippen molar-refractivity contribution in [3.63, 3.8) is 0 Å². The summed E-state index contributed by atoms with van der Waals surface area (Å²) in [5.74, 6) is -0.466. The first-order valence-corrected chi connectivity index (χ1v) is 7.11. The molecule has 2 heterocycles. The molecule has 6 nitrogen and oxygen atoms in total.